The zero-order valence-corrected chi connectivity index (χ0v) is 9.50. The highest BCUT2D eigenvalue weighted by atomic mass is 15.1. The fourth-order valence-corrected chi connectivity index (χ4v) is 2.41. The van der Waals surface area contributed by atoms with Gasteiger partial charge in [0.25, 0.3) is 0 Å². The van der Waals surface area contributed by atoms with Crippen molar-refractivity contribution in [3.05, 3.63) is 23.8 Å². The molecule has 0 radical (unpaired) electrons. The first-order chi connectivity index (χ1) is 7.29. The molecule has 15 heavy (non-hydrogen) atoms. The summed E-state index contributed by atoms with van der Waals surface area (Å²) in [6.45, 7) is 4.47. The maximum atomic E-state index is 6.06. The van der Waals surface area contributed by atoms with E-state index in [-0.39, 0.29) is 0 Å². The average Bonchev–Trinajstić information content (AvgIpc) is 2.46. The molecule has 0 bridgehead atoms. The highest BCUT2D eigenvalue weighted by Crippen LogP contribution is 2.29. The lowest BCUT2D eigenvalue weighted by Crippen LogP contribution is -2.25. The minimum Gasteiger partial charge on any atom is -0.397 e. The molecule has 1 aromatic carbocycles. The third-order valence-corrected chi connectivity index (χ3v) is 3.19. The molecule has 2 heteroatoms. The first kappa shape index (κ1) is 10.3. The third kappa shape index (κ3) is 2.25. The van der Waals surface area contributed by atoms with Gasteiger partial charge in [-0.25, -0.2) is 0 Å². The second-order valence-electron chi connectivity index (χ2n) is 4.41. The number of nitrogens with zero attached hydrogens (tertiary/aromatic N) is 1. The zero-order valence-electron chi connectivity index (χ0n) is 9.50. The Morgan fingerprint density at radius 1 is 1.07 bits per heavy atom. The predicted octanol–water partition coefficient (Wildman–Crippen LogP) is 2.96. The Bertz CT molecular complexity index is 305. The van der Waals surface area contributed by atoms with Crippen LogP contribution in [0.5, 0.6) is 0 Å². The Morgan fingerprint density at radius 2 is 1.73 bits per heavy atom. The number of anilines is 2. The normalized spacial score (nSPS) is 17.5. The minimum atomic E-state index is 0.928. The van der Waals surface area contributed by atoms with E-state index in [9.17, 15) is 0 Å². The van der Waals surface area contributed by atoms with Crippen molar-refractivity contribution in [1.82, 2.24) is 0 Å². The maximum absolute atomic E-state index is 6.06. The van der Waals surface area contributed by atoms with E-state index in [1.54, 1.807) is 0 Å². The van der Waals surface area contributed by atoms with Gasteiger partial charge in [-0.15, -0.1) is 0 Å². The highest BCUT2D eigenvalue weighted by Gasteiger charge is 2.13. The molecule has 1 aliphatic heterocycles. The first-order valence-corrected chi connectivity index (χ1v) is 5.89. The molecule has 1 saturated heterocycles. The molecule has 1 aliphatic rings. The van der Waals surface area contributed by atoms with Gasteiger partial charge in [0.15, 0.2) is 0 Å². The standard InChI is InChI=1S/C13H20N2/c1-11-7-6-8-12(14)13(11)15-9-4-2-3-5-10-15/h6-8H,2-5,9-10,14H2,1H3. The number of rotatable bonds is 1. The molecule has 1 heterocycles. The zero-order chi connectivity index (χ0) is 10.7. The Hall–Kier alpha value is -1.18. The molecule has 0 amide bonds. The van der Waals surface area contributed by atoms with Gasteiger partial charge in [0.2, 0.25) is 0 Å². The quantitative estimate of drug-likeness (QED) is 0.713. The summed E-state index contributed by atoms with van der Waals surface area (Å²) in [7, 11) is 0. The van der Waals surface area contributed by atoms with Crippen LogP contribution in [0, 0.1) is 6.92 Å². The van der Waals surface area contributed by atoms with Crippen LogP contribution in [0.2, 0.25) is 0 Å². The summed E-state index contributed by atoms with van der Waals surface area (Å²) >= 11 is 0. The molecule has 2 nitrogen and oxygen atoms in total. The Morgan fingerprint density at radius 3 is 2.33 bits per heavy atom. The van der Waals surface area contributed by atoms with Crippen molar-refractivity contribution in [1.29, 1.82) is 0 Å². The third-order valence-electron chi connectivity index (χ3n) is 3.19. The lowest BCUT2D eigenvalue weighted by molar-refractivity contribution is 0.726. The van der Waals surface area contributed by atoms with Crippen LogP contribution in [0.15, 0.2) is 18.2 Å². The molecule has 2 rings (SSSR count). The monoisotopic (exact) mass is 204 g/mol. The number of hydrogen-bond acceptors (Lipinski definition) is 2. The van der Waals surface area contributed by atoms with E-state index in [1.165, 1.54) is 36.9 Å². The fourth-order valence-electron chi connectivity index (χ4n) is 2.41. The van der Waals surface area contributed by atoms with Crippen molar-refractivity contribution >= 4 is 11.4 Å². The molecule has 0 aromatic heterocycles. The average molecular weight is 204 g/mol. The molecule has 1 fully saturated rings. The van der Waals surface area contributed by atoms with Gasteiger partial charge in [0.1, 0.15) is 0 Å². The van der Waals surface area contributed by atoms with Crippen molar-refractivity contribution in [2.24, 2.45) is 0 Å². The first-order valence-electron chi connectivity index (χ1n) is 5.89. The van der Waals surface area contributed by atoms with Crippen LogP contribution >= 0.6 is 0 Å². The van der Waals surface area contributed by atoms with Gasteiger partial charge in [-0.2, -0.15) is 0 Å². The van der Waals surface area contributed by atoms with Crippen LogP contribution in [0.4, 0.5) is 11.4 Å². The van der Waals surface area contributed by atoms with Gasteiger partial charge >= 0.3 is 0 Å². The van der Waals surface area contributed by atoms with Gasteiger partial charge in [-0.05, 0) is 31.4 Å². The van der Waals surface area contributed by atoms with Crippen LogP contribution in [0.3, 0.4) is 0 Å². The SMILES string of the molecule is Cc1cccc(N)c1N1CCCCCC1. The summed E-state index contributed by atoms with van der Waals surface area (Å²) in [5.41, 5.74) is 9.56. The van der Waals surface area contributed by atoms with E-state index in [0.717, 1.165) is 18.8 Å². The molecule has 0 unspecified atom stereocenters. The van der Waals surface area contributed by atoms with Gasteiger partial charge < -0.3 is 10.6 Å². The van der Waals surface area contributed by atoms with Gasteiger partial charge in [0, 0.05) is 13.1 Å². The molecule has 2 N–H and O–H groups in total. The molecule has 0 saturated carbocycles. The number of aryl methyl sites for hydroxylation is 1. The van der Waals surface area contributed by atoms with Gasteiger partial charge in [-0.1, -0.05) is 25.0 Å². The second kappa shape index (κ2) is 4.56. The Kier molecular flexibility index (Phi) is 3.14. The largest absolute Gasteiger partial charge is 0.397 e. The molecule has 82 valence electrons. The van der Waals surface area contributed by atoms with Crippen LogP contribution in [0.1, 0.15) is 31.2 Å². The lowest BCUT2D eigenvalue weighted by atomic mass is 10.1. The van der Waals surface area contributed by atoms with Crippen molar-refractivity contribution in [3.8, 4) is 0 Å². The molecule has 0 atom stereocenters. The number of nitrogen functional groups attached to an aromatic ring is 1. The maximum Gasteiger partial charge on any atom is 0.0629 e. The summed E-state index contributed by atoms with van der Waals surface area (Å²) in [5.74, 6) is 0. The summed E-state index contributed by atoms with van der Waals surface area (Å²) < 4.78 is 0. The van der Waals surface area contributed by atoms with Crippen LogP contribution in [-0.4, -0.2) is 13.1 Å². The summed E-state index contributed by atoms with van der Waals surface area (Å²) in [5, 5.41) is 0. The fraction of sp³-hybridized carbons (Fsp3) is 0.538. The van der Waals surface area contributed by atoms with Gasteiger partial charge in [-0.3, -0.25) is 0 Å². The molecule has 0 spiro atoms. The smallest absolute Gasteiger partial charge is 0.0629 e. The van der Waals surface area contributed by atoms with Gasteiger partial charge in [0.05, 0.1) is 11.4 Å². The summed E-state index contributed by atoms with van der Waals surface area (Å²) in [4.78, 5) is 2.46. The van der Waals surface area contributed by atoms with Crippen LogP contribution in [-0.2, 0) is 0 Å². The van der Waals surface area contributed by atoms with Crippen molar-refractivity contribution in [2.75, 3.05) is 23.7 Å². The molecular formula is C13H20N2. The minimum absolute atomic E-state index is 0.928. The second-order valence-corrected chi connectivity index (χ2v) is 4.41. The van der Waals surface area contributed by atoms with E-state index in [4.69, 9.17) is 5.73 Å². The van der Waals surface area contributed by atoms with E-state index in [1.807, 2.05) is 12.1 Å². The molecule has 1 aromatic rings. The number of benzene rings is 1. The Labute approximate surface area is 92.1 Å². The molecule has 0 aliphatic carbocycles. The van der Waals surface area contributed by atoms with E-state index in [0.29, 0.717) is 0 Å². The van der Waals surface area contributed by atoms with Crippen molar-refractivity contribution in [3.63, 3.8) is 0 Å². The Balaban J connectivity index is 2.26. The topological polar surface area (TPSA) is 29.3 Å². The number of hydrogen-bond donors (Lipinski definition) is 1. The van der Waals surface area contributed by atoms with E-state index >= 15 is 0 Å². The predicted molar refractivity (Wildman–Crippen MR) is 66.3 cm³/mol. The van der Waals surface area contributed by atoms with Crippen molar-refractivity contribution in [2.45, 2.75) is 32.6 Å². The summed E-state index contributed by atoms with van der Waals surface area (Å²) in [6.07, 6.45) is 5.33. The highest BCUT2D eigenvalue weighted by molar-refractivity contribution is 5.71. The number of para-hydroxylation sites is 1. The summed E-state index contributed by atoms with van der Waals surface area (Å²) in [6, 6.07) is 6.19. The van der Waals surface area contributed by atoms with E-state index in [2.05, 4.69) is 17.9 Å². The van der Waals surface area contributed by atoms with E-state index < -0.39 is 0 Å². The van der Waals surface area contributed by atoms with Crippen LogP contribution in [0.25, 0.3) is 0 Å². The molecular weight excluding hydrogens is 184 g/mol. The lowest BCUT2D eigenvalue weighted by Gasteiger charge is -2.26. The number of nitrogens with two attached hydrogens (primary N) is 1. The van der Waals surface area contributed by atoms with Crippen molar-refractivity contribution < 1.29 is 0 Å². The van der Waals surface area contributed by atoms with Crippen LogP contribution < -0.4 is 10.6 Å².